The number of aliphatic hydroxyl groups excluding tert-OH is 2. The van der Waals surface area contributed by atoms with E-state index in [0.717, 1.165) is 41.6 Å². The third kappa shape index (κ3) is 2.68. The molecule has 3 rings (SSSR count). The quantitative estimate of drug-likeness (QED) is 0.761. The van der Waals surface area contributed by atoms with Gasteiger partial charge >= 0.3 is 0 Å². The van der Waals surface area contributed by atoms with E-state index < -0.39 is 12.2 Å². The van der Waals surface area contributed by atoms with Gasteiger partial charge in [0.05, 0.1) is 0 Å². The van der Waals surface area contributed by atoms with Crippen molar-refractivity contribution in [2.24, 2.45) is 0 Å². The first-order chi connectivity index (χ1) is 10.7. The van der Waals surface area contributed by atoms with Crippen LogP contribution in [-0.2, 0) is 0 Å². The van der Waals surface area contributed by atoms with Gasteiger partial charge in [0, 0.05) is 5.92 Å². The lowest BCUT2D eigenvalue weighted by Gasteiger charge is -2.20. The van der Waals surface area contributed by atoms with E-state index in [2.05, 4.69) is 17.4 Å². The Bertz CT molecular complexity index is 589. The van der Waals surface area contributed by atoms with Gasteiger partial charge < -0.3 is 15.5 Å². The molecule has 3 N–H and O–H groups in total. The maximum atomic E-state index is 10.6. The van der Waals surface area contributed by atoms with E-state index in [9.17, 15) is 10.2 Å². The summed E-state index contributed by atoms with van der Waals surface area (Å²) in [5.74, 6) is 0.215. The van der Waals surface area contributed by atoms with E-state index in [-0.39, 0.29) is 5.92 Å². The standard InChI is InChI=1S/C19H23NO2/c1-20-12-6-11-13-14-7-2-4-9-16(14)18(21)19(22)17-10-5-3-8-15(13)17/h2-5,7-10,13,18-22H,6,11-12H2,1H3/t18-,19-/m1/s1. The predicted molar refractivity (Wildman–Crippen MR) is 87.8 cm³/mol. The van der Waals surface area contributed by atoms with E-state index in [0.29, 0.717) is 0 Å². The fourth-order valence-corrected chi connectivity index (χ4v) is 3.50. The number of fused-ring (bicyclic) bond motifs is 2. The Hall–Kier alpha value is -1.68. The van der Waals surface area contributed by atoms with Crippen LogP contribution in [0.4, 0.5) is 0 Å². The lowest BCUT2D eigenvalue weighted by atomic mass is 9.84. The molecule has 116 valence electrons. The minimum atomic E-state index is -0.869. The van der Waals surface area contributed by atoms with E-state index in [4.69, 9.17) is 0 Å². The minimum absolute atomic E-state index is 0.215. The molecule has 3 heteroatoms. The molecule has 1 aliphatic carbocycles. The van der Waals surface area contributed by atoms with E-state index >= 15 is 0 Å². The van der Waals surface area contributed by atoms with Crippen LogP contribution in [0.25, 0.3) is 0 Å². The molecule has 0 aromatic heterocycles. The van der Waals surface area contributed by atoms with Crippen molar-refractivity contribution in [2.45, 2.75) is 31.0 Å². The maximum absolute atomic E-state index is 10.6. The number of rotatable bonds is 4. The summed E-state index contributed by atoms with van der Waals surface area (Å²) in [5, 5.41) is 24.4. The first kappa shape index (κ1) is 15.2. The molecule has 0 amide bonds. The smallest absolute Gasteiger partial charge is 0.109 e. The van der Waals surface area contributed by atoms with Crippen molar-refractivity contribution < 1.29 is 10.2 Å². The number of benzene rings is 2. The lowest BCUT2D eigenvalue weighted by molar-refractivity contribution is 0.0176. The first-order valence-corrected chi connectivity index (χ1v) is 7.92. The summed E-state index contributed by atoms with van der Waals surface area (Å²) in [6, 6.07) is 15.9. The first-order valence-electron chi connectivity index (χ1n) is 7.92. The Morgan fingerprint density at radius 2 is 1.27 bits per heavy atom. The Balaban J connectivity index is 2.11. The van der Waals surface area contributed by atoms with Crippen LogP contribution in [0.1, 0.15) is 53.2 Å². The van der Waals surface area contributed by atoms with Crippen molar-refractivity contribution in [1.82, 2.24) is 5.32 Å². The molecule has 0 heterocycles. The summed E-state index contributed by atoms with van der Waals surface area (Å²) in [6.45, 7) is 0.964. The summed E-state index contributed by atoms with van der Waals surface area (Å²) in [5.41, 5.74) is 3.96. The molecule has 2 aromatic carbocycles. The molecule has 0 spiro atoms. The highest BCUT2D eigenvalue weighted by atomic mass is 16.3. The van der Waals surface area contributed by atoms with Crippen LogP contribution in [0.3, 0.4) is 0 Å². The van der Waals surface area contributed by atoms with Crippen LogP contribution in [-0.4, -0.2) is 23.8 Å². The molecule has 2 atom stereocenters. The molecule has 2 aromatic rings. The van der Waals surface area contributed by atoms with Gasteiger partial charge in [-0.1, -0.05) is 48.5 Å². The van der Waals surface area contributed by atoms with Crippen LogP contribution in [0.15, 0.2) is 48.5 Å². The van der Waals surface area contributed by atoms with Gasteiger partial charge in [-0.3, -0.25) is 0 Å². The van der Waals surface area contributed by atoms with Gasteiger partial charge in [0.2, 0.25) is 0 Å². The third-order valence-electron chi connectivity index (χ3n) is 4.60. The fourth-order valence-electron chi connectivity index (χ4n) is 3.50. The molecule has 0 aliphatic heterocycles. The molecule has 0 radical (unpaired) electrons. The minimum Gasteiger partial charge on any atom is -0.385 e. The lowest BCUT2D eigenvalue weighted by Crippen LogP contribution is -2.11. The molecule has 0 bridgehead atoms. The normalized spacial score (nSPS) is 21.0. The molecule has 1 aliphatic rings. The van der Waals surface area contributed by atoms with Crippen molar-refractivity contribution >= 4 is 0 Å². The second kappa shape index (κ2) is 6.61. The molecule has 22 heavy (non-hydrogen) atoms. The number of hydrogen-bond acceptors (Lipinski definition) is 3. The average molecular weight is 297 g/mol. The van der Waals surface area contributed by atoms with Crippen LogP contribution < -0.4 is 5.32 Å². The largest absolute Gasteiger partial charge is 0.385 e. The van der Waals surface area contributed by atoms with Gasteiger partial charge in [-0.25, -0.2) is 0 Å². The zero-order valence-corrected chi connectivity index (χ0v) is 12.9. The average Bonchev–Trinajstić information content (AvgIpc) is 2.65. The van der Waals surface area contributed by atoms with Crippen LogP contribution >= 0.6 is 0 Å². The SMILES string of the molecule is CNCCCC1c2ccccc2[C@@H](O)[C@H](O)c2ccccc21. The second-order valence-electron chi connectivity index (χ2n) is 5.95. The molecular formula is C19H23NO2. The van der Waals surface area contributed by atoms with Crippen molar-refractivity contribution in [1.29, 1.82) is 0 Å². The van der Waals surface area contributed by atoms with E-state index in [1.54, 1.807) is 0 Å². The highest BCUT2D eigenvalue weighted by Crippen LogP contribution is 2.44. The highest BCUT2D eigenvalue weighted by molar-refractivity contribution is 5.47. The van der Waals surface area contributed by atoms with Crippen molar-refractivity contribution in [3.05, 3.63) is 70.8 Å². The van der Waals surface area contributed by atoms with Gasteiger partial charge in [0.1, 0.15) is 12.2 Å². The molecule has 0 saturated carbocycles. The molecule has 0 unspecified atom stereocenters. The zero-order chi connectivity index (χ0) is 15.5. The summed E-state index contributed by atoms with van der Waals surface area (Å²) in [7, 11) is 1.96. The van der Waals surface area contributed by atoms with Gasteiger partial charge in [-0.15, -0.1) is 0 Å². The zero-order valence-electron chi connectivity index (χ0n) is 12.9. The highest BCUT2D eigenvalue weighted by Gasteiger charge is 2.32. The molecule has 0 fully saturated rings. The predicted octanol–water partition coefficient (Wildman–Crippen LogP) is 2.90. The molecular weight excluding hydrogens is 274 g/mol. The Labute approximate surface area is 131 Å². The van der Waals surface area contributed by atoms with E-state index in [1.165, 1.54) is 0 Å². The summed E-state index contributed by atoms with van der Waals surface area (Å²) in [6.07, 6.45) is 0.308. The van der Waals surface area contributed by atoms with E-state index in [1.807, 2.05) is 43.4 Å². The Kier molecular flexibility index (Phi) is 4.57. The van der Waals surface area contributed by atoms with Gasteiger partial charge in [0.25, 0.3) is 0 Å². The Morgan fingerprint density at radius 1 is 0.818 bits per heavy atom. The van der Waals surface area contributed by atoms with Gasteiger partial charge in [-0.2, -0.15) is 0 Å². The van der Waals surface area contributed by atoms with Crippen molar-refractivity contribution in [2.75, 3.05) is 13.6 Å². The number of nitrogens with one attached hydrogen (secondary N) is 1. The summed E-state index contributed by atoms with van der Waals surface area (Å²) >= 11 is 0. The maximum Gasteiger partial charge on any atom is 0.109 e. The number of hydrogen-bond donors (Lipinski definition) is 3. The van der Waals surface area contributed by atoms with Crippen LogP contribution in [0.5, 0.6) is 0 Å². The van der Waals surface area contributed by atoms with Gasteiger partial charge in [0.15, 0.2) is 0 Å². The summed E-state index contributed by atoms with van der Waals surface area (Å²) in [4.78, 5) is 0. The molecule has 0 saturated heterocycles. The summed E-state index contributed by atoms with van der Waals surface area (Å²) < 4.78 is 0. The van der Waals surface area contributed by atoms with Crippen molar-refractivity contribution in [3.63, 3.8) is 0 Å². The van der Waals surface area contributed by atoms with Crippen LogP contribution in [0.2, 0.25) is 0 Å². The number of aliphatic hydroxyl groups is 2. The van der Waals surface area contributed by atoms with Gasteiger partial charge in [-0.05, 0) is 48.7 Å². The second-order valence-corrected chi connectivity index (χ2v) is 5.95. The molecule has 3 nitrogen and oxygen atoms in total. The third-order valence-corrected chi connectivity index (χ3v) is 4.60. The van der Waals surface area contributed by atoms with Crippen molar-refractivity contribution in [3.8, 4) is 0 Å². The van der Waals surface area contributed by atoms with Crippen LogP contribution in [0, 0.1) is 0 Å². The topological polar surface area (TPSA) is 52.5 Å². The Morgan fingerprint density at radius 3 is 1.73 bits per heavy atom. The fraction of sp³-hybridized carbons (Fsp3) is 0.368. The monoisotopic (exact) mass is 297 g/mol.